The third kappa shape index (κ3) is 5.73. The molecule has 0 bridgehead atoms. The Morgan fingerprint density at radius 3 is 2.54 bits per heavy atom. The number of nitrogens with one attached hydrogen (secondary N) is 1. The Bertz CT molecular complexity index is 639. The van der Waals surface area contributed by atoms with Crippen LogP contribution in [0.4, 0.5) is 0 Å². The van der Waals surface area contributed by atoms with Crippen molar-refractivity contribution in [2.75, 3.05) is 0 Å². The van der Waals surface area contributed by atoms with Gasteiger partial charge in [-0.25, -0.2) is 0 Å². The molecule has 0 saturated carbocycles. The van der Waals surface area contributed by atoms with Gasteiger partial charge in [-0.05, 0) is 56.4 Å². The van der Waals surface area contributed by atoms with Crippen molar-refractivity contribution in [3.63, 3.8) is 0 Å². The topological polar surface area (TPSA) is 38.3 Å². The highest BCUT2D eigenvalue weighted by atomic mass is 16.5. The highest BCUT2D eigenvalue weighted by Crippen LogP contribution is 2.15. The molecule has 0 spiro atoms. The number of hydrogen-bond acceptors (Lipinski definition) is 2. The molecule has 0 unspecified atom stereocenters. The molecule has 2 aromatic carbocycles. The van der Waals surface area contributed by atoms with Crippen LogP contribution in [-0.2, 0) is 11.2 Å². The summed E-state index contributed by atoms with van der Waals surface area (Å²) in [5, 5.41) is 3.07. The van der Waals surface area contributed by atoms with Crippen LogP contribution in [0.1, 0.15) is 37.8 Å². The van der Waals surface area contributed by atoms with Crippen molar-refractivity contribution in [1.82, 2.24) is 5.32 Å². The highest BCUT2D eigenvalue weighted by molar-refractivity contribution is 5.81. The summed E-state index contributed by atoms with van der Waals surface area (Å²) in [7, 11) is 0. The van der Waals surface area contributed by atoms with Crippen molar-refractivity contribution < 1.29 is 9.53 Å². The summed E-state index contributed by atoms with van der Waals surface area (Å²) in [6, 6.07) is 18.3. The van der Waals surface area contributed by atoms with Crippen LogP contribution in [0.25, 0.3) is 0 Å². The van der Waals surface area contributed by atoms with Gasteiger partial charge in [0.1, 0.15) is 5.75 Å². The van der Waals surface area contributed by atoms with Gasteiger partial charge in [0.05, 0.1) is 0 Å². The SMILES string of the molecule is CC[C@H](Oc1cccc(C)c1)C(=O)N[C@@H](C)CCc1ccccc1. The summed E-state index contributed by atoms with van der Waals surface area (Å²) < 4.78 is 5.86. The van der Waals surface area contributed by atoms with Gasteiger partial charge in [-0.2, -0.15) is 0 Å². The molecule has 24 heavy (non-hydrogen) atoms. The van der Waals surface area contributed by atoms with Gasteiger partial charge in [-0.15, -0.1) is 0 Å². The molecule has 1 amide bonds. The molecule has 2 aromatic rings. The number of benzene rings is 2. The third-order valence-corrected chi connectivity index (χ3v) is 4.03. The predicted molar refractivity (Wildman–Crippen MR) is 98.3 cm³/mol. The average Bonchev–Trinajstić information content (AvgIpc) is 2.58. The first-order chi connectivity index (χ1) is 11.6. The Morgan fingerprint density at radius 1 is 1.12 bits per heavy atom. The van der Waals surface area contributed by atoms with E-state index in [0.29, 0.717) is 6.42 Å². The van der Waals surface area contributed by atoms with Crippen molar-refractivity contribution in [1.29, 1.82) is 0 Å². The number of ether oxygens (including phenoxy) is 1. The Kier molecular flexibility index (Phi) is 6.86. The van der Waals surface area contributed by atoms with Crippen LogP contribution in [0, 0.1) is 6.92 Å². The molecule has 128 valence electrons. The van der Waals surface area contributed by atoms with Crippen LogP contribution < -0.4 is 10.1 Å². The molecule has 0 saturated heterocycles. The average molecular weight is 325 g/mol. The number of rotatable bonds is 8. The molecule has 0 aliphatic carbocycles. The van der Waals surface area contributed by atoms with E-state index in [4.69, 9.17) is 4.74 Å². The molecule has 1 N–H and O–H groups in total. The van der Waals surface area contributed by atoms with Crippen LogP contribution in [0.15, 0.2) is 54.6 Å². The van der Waals surface area contributed by atoms with E-state index in [0.717, 1.165) is 24.2 Å². The van der Waals surface area contributed by atoms with E-state index in [1.165, 1.54) is 5.56 Å². The zero-order valence-corrected chi connectivity index (χ0v) is 14.8. The summed E-state index contributed by atoms with van der Waals surface area (Å²) >= 11 is 0. The van der Waals surface area contributed by atoms with E-state index < -0.39 is 6.10 Å². The molecule has 0 aliphatic rings. The van der Waals surface area contributed by atoms with E-state index >= 15 is 0 Å². The van der Waals surface area contributed by atoms with Gasteiger partial charge in [0.2, 0.25) is 0 Å². The Balaban J connectivity index is 1.84. The van der Waals surface area contributed by atoms with E-state index in [2.05, 4.69) is 17.4 Å². The molecule has 0 heterocycles. The first kappa shape index (κ1) is 18.1. The summed E-state index contributed by atoms with van der Waals surface area (Å²) in [6.45, 7) is 6.02. The minimum atomic E-state index is -0.453. The maximum Gasteiger partial charge on any atom is 0.261 e. The fourth-order valence-electron chi connectivity index (χ4n) is 2.61. The lowest BCUT2D eigenvalue weighted by atomic mass is 10.1. The van der Waals surface area contributed by atoms with E-state index in [1.807, 2.05) is 63.2 Å². The van der Waals surface area contributed by atoms with Crippen LogP contribution in [-0.4, -0.2) is 18.1 Å². The lowest BCUT2D eigenvalue weighted by molar-refractivity contribution is -0.128. The van der Waals surface area contributed by atoms with Crippen LogP contribution in [0.2, 0.25) is 0 Å². The number of aryl methyl sites for hydroxylation is 2. The standard InChI is InChI=1S/C21H27NO2/c1-4-20(24-19-12-8-9-16(2)15-19)21(23)22-17(3)13-14-18-10-6-5-7-11-18/h5-12,15,17,20H,4,13-14H2,1-3H3,(H,22,23)/t17-,20-/m0/s1. The molecular formula is C21H27NO2. The zero-order chi connectivity index (χ0) is 17.4. The van der Waals surface area contributed by atoms with Gasteiger partial charge in [-0.3, -0.25) is 4.79 Å². The first-order valence-corrected chi connectivity index (χ1v) is 8.66. The second kappa shape index (κ2) is 9.11. The molecule has 2 rings (SSSR count). The minimum Gasteiger partial charge on any atom is -0.481 e. The first-order valence-electron chi connectivity index (χ1n) is 8.66. The monoisotopic (exact) mass is 325 g/mol. The van der Waals surface area contributed by atoms with Gasteiger partial charge >= 0.3 is 0 Å². The smallest absolute Gasteiger partial charge is 0.261 e. The van der Waals surface area contributed by atoms with Gasteiger partial charge < -0.3 is 10.1 Å². The Labute approximate surface area is 145 Å². The fourth-order valence-corrected chi connectivity index (χ4v) is 2.61. The number of carbonyl (C=O) groups excluding carboxylic acids is 1. The van der Waals surface area contributed by atoms with Crippen molar-refractivity contribution in [2.24, 2.45) is 0 Å². The van der Waals surface area contributed by atoms with Gasteiger partial charge in [-0.1, -0.05) is 49.4 Å². The van der Waals surface area contributed by atoms with Crippen molar-refractivity contribution in [2.45, 2.75) is 52.2 Å². The summed E-state index contributed by atoms with van der Waals surface area (Å²) in [6.07, 6.45) is 2.06. The number of hydrogen-bond donors (Lipinski definition) is 1. The van der Waals surface area contributed by atoms with Crippen LogP contribution in [0.5, 0.6) is 5.75 Å². The second-order valence-corrected chi connectivity index (χ2v) is 6.27. The summed E-state index contributed by atoms with van der Waals surface area (Å²) in [5.74, 6) is 0.702. The number of amides is 1. The maximum atomic E-state index is 12.4. The van der Waals surface area contributed by atoms with Gasteiger partial charge in [0.15, 0.2) is 6.10 Å². The Morgan fingerprint density at radius 2 is 1.88 bits per heavy atom. The zero-order valence-electron chi connectivity index (χ0n) is 14.8. The molecule has 0 aromatic heterocycles. The minimum absolute atomic E-state index is 0.0421. The van der Waals surface area contributed by atoms with Crippen LogP contribution >= 0.6 is 0 Å². The lowest BCUT2D eigenvalue weighted by Crippen LogP contribution is -2.42. The molecule has 0 fully saturated rings. The molecule has 3 nitrogen and oxygen atoms in total. The fraction of sp³-hybridized carbons (Fsp3) is 0.381. The molecule has 2 atom stereocenters. The normalized spacial score (nSPS) is 13.1. The van der Waals surface area contributed by atoms with Crippen LogP contribution in [0.3, 0.4) is 0 Å². The van der Waals surface area contributed by atoms with Crippen molar-refractivity contribution >= 4 is 5.91 Å². The summed E-state index contributed by atoms with van der Waals surface area (Å²) in [5.41, 5.74) is 2.42. The molecular weight excluding hydrogens is 298 g/mol. The van der Waals surface area contributed by atoms with E-state index in [9.17, 15) is 4.79 Å². The van der Waals surface area contributed by atoms with Gasteiger partial charge in [0, 0.05) is 6.04 Å². The van der Waals surface area contributed by atoms with Gasteiger partial charge in [0.25, 0.3) is 5.91 Å². The van der Waals surface area contributed by atoms with Crippen molar-refractivity contribution in [3.05, 3.63) is 65.7 Å². The third-order valence-electron chi connectivity index (χ3n) is 4.03. The second-order valence-electron chi connectivity index (χ2n) is 6.27. The molecule has 0 aliphatic heterocycles. The summed E-state index contributed by atoms with van der Waals surface area (Å²) in [4.78, 5) is 12.4. The largest absolute Gasteiger partial charge is 0.481 e. The van der Waals surface area contributed by atoms with E-state index in [1.54, 1.807) is 0 Å². The Hall–Kier alpha value is -2.29. The predicted octanol–water partition coefficient (Wildman–Crippen LogP) is 4.29. The molecule has 3 heteroatoms. The van der Waals surface area contributed by atoms with E-state index in [-0.39, 0.29) is 11.9 Å². The van der Waals surface area contributed by atoms with Crippen molar-refractivity contribution in [3.8, 4) is 5.75 Å². The maximum absolute atomic E-state index is 12.4. The quantitative estimate of drug-likeness (QED) is 0.786. The lowest BCUT2D eigenvalue weighted by Gasteiger charge is -2.20. The number of carbonyl (C=O) groups is 1. The molecule has 0 radical (unpaired) electrons. The highest BCUT2D eigenvalue weighted by Gasteiger charge is 2.20.